The third-order valence-corrected chi connectivity index (χ3v) is 6.56. The van der Waals surface area contributed by atoms with Crippen molar-refractivity contribution in [1.29, 1.82) is 0 Å². The zero-order valence-electron chi connectivity index (χ0n) is 16.3. The molecule has 29 heavy (non-hydrogen) atoms. The molecule has 2 aromatic rings. The van der Waals surface area contributed by atoms with Gasteiger partial charge in [-0.05, 0) is 31.3 Å². The van der Waals surface area contributed by atoms with Gasteiger partial charge >= 0.3 is 0 Å². The molecule has 1 aromatic heterocycles. The molecule has 1 aromatic carbocycles. The first-order valence-corrected chi connectivity index (χ1v) is 11.0. The molecule has 1 fully saturated rings. The Balaban J connectivity index is 1.66. The van der Waals surface area contributed by atoms with Crippen molar-refractivity contribution in [3.63, 3.8) is 0 Å². The van der Waals surface area contributed by atoms with Crippen molar-refractivity contribution in [2.75, 3.05) is 26.7 Å². The lowest BCUT2D eigenvalue weighted by Gasteiger charge is -2.30. The van der Waals surface area contributed by atoms with Gasteiger partial charge in [-0.2, -0.15) is 0 Å². The molecule has 4 atom stereocenters. The maximum absolute atomic E-state index is 12.5. The van der Waals surface area contributed by atoms with Crippen molar-refractivity contribution in [2.45, 2.75) is 35.7 Å². The zero-order chi connectivity index (χ0) is 20.9. The number of ether oxygens (including phenoxy) is 1. The van der Waals surface area contributed by atoms with Crippen molar-refractivity contribution >= 4 is 10.0 Å². The molecule has 0 bridgehead atoms. The van der Waals surface area contributed by atoms with Crippen LogP contribution in [0.2, 0.25) is 0 Å². The van der Waals surface area contributed by atoms with Gasteiger partial charge in [-0.25, -0.2) is 13.1 Å². The van der Waals surface area contributed by atoms with Crippen LogP contribution in [0.5, 0.6) is 0 Å². The molecule has 0 spiro atoms. The van der Waals surface area contributed by atoms with E-state index in [1.807, 2.05) is 30.1 Å². The molecule has 0 radical (unpaired) electrons. The lowest BCUT2D eigenvalue weighted by Crippen LogP contribution is -2.50. The summed E-state index contributed by atoms with van der Waals surface area (Å²) in [6.07, 6.45) is 0.108. The second-order valence-electron chi connectivity index (χ2n) is 7.09. The molecule has 2 heterocycles. The van der Waals surface area contributed by atoms with Gasteiger partial charge in [0.15, 0.2) is 0 Å². The molecule has 158 valence electrons. The minimum absolute atomic E-state index is 0.0105. The molecule has 0 amide bonds. The Kier molecular flexibility index (Phi) is 7.33. The number of pyridine rings is 1. The first kappa shape index (κ1) is 21.8. The zero-order valence-corrected chi connectivity index (χ0v) is 17.1. The number of nitrogens with zero attached hydrogens (tertiary/aromatic N) is 2. The number of nitrogens with one attached hydrogen (secondary N) is 1. The number of benzene rings is 1. The Morgan fingerprint density at radius 1 is 1.14 bits per heavy atom. The van der Waals surface area contributed by atoms with Gasteiger partial charge < -0.3 is 14.9 Å². The summed E-state index contributed by atoms with van der Waals surface area (Å²) in [6, 6.07) is 13.3. The minimum Gasteiger partial charge on any atom is -0.394 e. The van der Waals surface area contributed by atoms with Gasteiger partial charge in [0.25, 0.3) is 0 Å². The van der Waals surface area contributed by atoms with Gasteiger partial charge in [0.05, 0.1) is 23.6 Å². The fraction of sp³-hybridized carbons (Fsp3) is 0.450. The Bertz CT molecular complexity index is 866. The smallest absolute Gasteiger partial charge is 0.240 e. The highest BCUT2D eigenvalue weighted by atomic mass is 32.2. The first-order valence-electron chi connectivity index (χ1n) is 9.51. The average molecular weight is 422 g/mol. The molecule has 1 aliphatic heterocycles. The van der Waals surface area contributed by atoms with E-state index in [2.05, 4.69) is 9.71 Å². The van der Waals surface area contributed by atoms with Crippen LogP contribution in [-0.4, -0.2) is 79.6 Å². The monoisotopic (exact) mass is 421 g/mol. The van der Waals surface area contributed by atoms with Gasteiger partial charge in [0.1, 0.15) is 12.2 Å². The molecule has 0 aliphatic carbocycles. The summed E-state index contributed by atoms with van der Waals surface area (Å²) in [5.74, 6) is 0. The predicted molar refractivity (Wildman–Crippen MR) is 108 cm³/mol. The second-order valence-corrected chi connectivity index (χ2v) is 8.86. The number of aromatic nitrogens is 1. The summed E-state index contributed by atoms with van der Waals surface area (Å²) in [7, 11) is -1.85. The van der Waals surface area contributed by atoms with Gasteiger partial charge in [-0.1, -0.05) is 24.3 Å². The third kappa shape index (κ3) is 5.39. The molecule has 3 N–H and O–H groups in total. The summed E-state index contributed by atoms with van der Waals surface area (Å²) in [4.78, 5) is 6.39. The topological polar surface area (TPSA) is 112 Å². The lowest BCUT2D eigenvalue weighted by molar-refractivity contribution is -0.0201. The molecular formula is C20H27N3O5S. The van der Waals surface area contributed by atoms with Crippen LogP contribution in [0.1, 0.15) is 5.69 Å². The van der Waals surface area contributed by atoms with Crippen molar-refractivity contribution in [3.05, 3.63) is 60.4 Å². The van der Waals surface area contributed by atoms with E-state index in [4.69, 9.17) is 4.74 Å². The normalized spacial score (nSPS) is 24.8. The SMILES string of the molecule is CN(CCc1ccccn1)C1C(CNS(=O)(=O)c2ccccc2)OC(CO)C1O. The Hall–Kier alpha value is -1.88. The molecule has 0 saturated carbocycles. The largest absolute Gasteiger partial charge is 0.394 e. The van der Waals surface area contributed by atoms with E-state index in [9.17, 15) is 18.6 Å². The number of hydrogen-bond donors (Lipinski definition) is 3. The van der Waals surface area contributed by atoms with Crippen LogP contribution < -0.4 is 4.72 Å². The quantitative estimate of drug-likeness (QED) is 0.523. The van der Waals surface area contributed by atoms with Gasteiger partial charge in [0.2, 0.25) is 10.0 Å². The van der Waals surface area contributed by atoms with E-state index in [1.165, 1.54) is 12.1 Å². The van der Waals surface area contributed by atoms with E-state index in [0.29, 0.717) is 13.0 Å². The van der Waals surface area contributed by atoms with Crippen LogP contribution in [0.4, 0.5) is 0 Å². The van der Waals surface area contributed by atoms with Crippen LogP contribution in [0, 0.1) is 0 Å². The summed E-state index contributed by atoms with van der Waals surface area (Å²) in [5, 5.41) is 20.1. The number of hydrogen-bond acceptors (Lipinski definition) is 7. The summed E-state index contributed by atoms with van der Waals surface area (Å²) in [6.45, 7) is 0.249. The number of rotatable bonds is 9. The third-order valence-electron chi connectivity index (χ3n) is 5.13. The summed E-state index contributed by atoms with van der Waals surface area (Å²) >= 11 is 0. The molecule has 1 saturated heterocycles. The maximum Gasteiger partial charge on any atom is 0.240 e. The predicted octanol–water partition coefficient (Wildman–Crippen LogP) is 0.0236. The number of aliphatic hydroxyl groups is 2. The van der Waals surface area contributed by atoms with Crippen LogP contribution in [-0.2, 0) is 21.2 Å². The van der Waals surface area contributed by atoms with Gasteiger partial charge in [-0.3, -0.25) is 9.88 Å². The molecular weight excluding hydrogens is 394 g/mol. The van der Waals surface area contributed by atoms with E-state index in [1.54, 1.807) is 24.4 Å². The van der Waals surface area contributed by atoms with Crippen molar-refractivity contribution in [1.82, 2.24) is 14.6 Å². The van der Waals surface area contributed by atoms with Crippen LogP contribution in [0.25, 0.3) is 0 Å². The van der Waals surface area contributed by atoms with Crippen molar-refractivity contribution in [3.8, 4) is 0 Å². The standard InChI is InChI=1S/C20H27N3O5S/c1-23(12-10-15-7-5-6-11-21-15)19-17(28-18(14-24)20(19)25)13-22-29(26,27)16-8-3-2-4-9-16/h2-9,11,17-20,22,24-25H,10,12-14H2,1H3. The lowest BCUT2D eigenvalue weighted by atomic mass is 10.0. The van der Waals surface area contributed by atoms with E-state index in [0.717, 1.165) is 5.69 Å². The second kappa shape index (κ2) is 9.75. The van der Waals surface area contributed by atoms with Crippen LogP contribution >= 0.6 is 0 Å². The summed E-state index contributed by atoms with van der Waals surface area (Å²) < 4.78 is 33.3. The molecule has 4 unspecified atom stereocenters. The molecule has 9 heteroatoms. The number of likely N-dealkylation sites (N-methyl/N-ethyl adjacent to an activating group) is 1. The number of aliphatic hydroxyl groups excluding tert-OH is 2. The Morgan fingerprint density at radius 3 is 2.52 bits per heavy atom. The molecule has 1 aliphatic rings. The van der Waals surface area contributed by atoms with Crippen LogP contribution in [0.3, 0.4) is 0 Å². The molecule has 3 rings (SSSR count). The fourth-order valence-corrected chi connectivity index (χ4v) is 4.62. The highest BCUT2D eigenvalue weighted by Gasteiger charge is 2.45. The maximum atomic E-state index is 12.5. The first-order chi connectivity index (χ1) is 13.9. The van der Waals surface area contributed by atoms with E-state index >= 15 is 0 Å². The van der Waals surface area contributed by atoms with E-state index < -0.39 is 34.4 Å². The average Bonchev–Trinajstić information content (AvgIpc) is 3.07. The highest BCUT2D eigenvalue weighted by Crippen LogP contribution is 2.25. The Morgan fingerprint density at radius 2 is 1.86 bits per heavy atom. The van der Waals surface area contributed by atoms with Crippen LogP contribution in [0.15, 0.2) is 59.6 Å². The van der Waals surface area contributed by atoms with Crippen molar-refractivity contribution < 1.29 is 23.4 Å². The van der Waals surface area contributed by atoms with Gasteiger partial charge in [0, 0.05) is 31.4 Å². The van der Waals surface area contributed by atoms with Crippen molar-refractivity contribution in [2.24, 2.45) is 0 Å². The fourth-order valence-electron chi connectivity index (χ4n) is 3.55. The molecule has 8 nitrogen and oxygen atoms in total. The Labute approximate surface area is 171 Å². The highest BCUT2D eigenvalue weighted by molar-refractivity contribution is 7.89. The van der Waals surface area contributed by atoms with Gasteiger partial charge in [-0.15, -0.1) is 0 Å². The van der Waals surface area contributed by atoms with E-state index in [-0.39, 0.29) is 18.0 Å². The number of sulfonamides is 1. The minimum atomic E-state index is -3.70. The summed E-state index contributed by atoms with van der Waals surface area (Å²) in [5.41, 5.74) is 0.924.